The van der Waals surface area contributed by atoms with Gasteiger partial charge in [0.05, 0.1) is 0 Å². The largest absolute Gasteiger partial charge is 0.313 e. The summed E-state index contributed by atoms with van der Waals surface area (Å²) in [5, 5.41) is 4.56. The zero-order valence-electron chi connectivity index (χ0n) is 12.2. The molecule has 1 saturated carbocycles. The Morgan fingerprint density at radius 2 is 2.00 bits per heavy atom. The van der Waals surface area contributed by atoms with Gasteiger partial charge in [0, 0.05) is 11.3 Å². The van der Waals surface area contributed by atoms with E-state index in [2.05, 4.69) is 44.8 Å². The molecule has 0 amide bonds. The first kappa shape index (κ1) is 15.4. The van der Waals surface area contributed by atoms with E-state index in [0.717, 1.165) is 29.7 Å². The van der Waals surface area contributed by atoms with Gasteiger partial charge in [0.2, 0.25) is 0 Å². The van der Waals surface area contributed by atoms with E-state index < -0.39 is 0 Å². The minimum absolute atomic E-state index is 0.775. The zero-order valence-corrected chi connectivity index (χ0v) is 13.0. The van der Waals surface area contributed by atoms with Gasteiger partial charge >= 0.3 is 0 Å². The third kappa shape index (κ3) is 5.21. The molecule has 0 heterocycles. The van der Waals surface area contributed by atoms with Crippen LogP contribution in [0.5, 0.6) is 0 Å². The Labute approximate surface area is 113 Å². The molecule has 1 rings (SSSR count). The average molecular weight is 257 g/mol. The maximum Gasteiger partial charge on any atom is 0.0203 e. The number of unbranched alkanes of at least 4 members (excludes halogenated alkanes) is 1. The van der Waals surface area contributed by atoms with E-state index >= 15 is 0 Å². The molecule has 1 N–H and O–H groups in total. The summed E-state index contributed by atoms with van der Waals surface area (Å²) in [6.07, 6.45) is 6.97. The molecule has 0 aromatic heterocycles. The molecule has 1 aliphatic rings. The lowest BCUT2D eigenvalue weighted by Crippen LogP contribution is -2.43. The molecule has 0 aromatic carbocycles. The summed E-state index contributed by atoms with van der Waals surface area (Å²) in [5.41, 5.74) is 0. The minimum atomic E-state index is 0.775. The van der Waals surface area contributed by atoms with Crippen molar-refractivity contribution in [3.63, 3.8) is 0 Å². The van der Waals surface area contributed by atoms with E-state index in [9.17, 15) is 0 Å². The van der Waals surface area contributed by atoms with Crippen LogP contribution in [0.15, 0.2) is 0 Å². The van der Waals surface area contributed by atoms with Crippen molar-refractivity contribution in [2.75, 3.05) is 12.3 Å². The third-order valence-corrected chi connectivity index (χ3v) is 5.54. The van der Waals surface area contributed by atoms with E-state index in [0.29, 0.717) is 0 Å². The van der Waals surface area contributed by atoms with Crippen molar-refractivity contribution in [2.45, 2.75) is 71.1 Å². The standard InChI is InChI=1S/C15H31NS/c1-5-7-10-17-15-11-13(12(3)4)8-9-14(15)16-6-2/h12-16H,5-11H2,1-4H3. The molecule has 0 saturated heterocycles. The molecule has 1 fully saturated rings. The molecule has 2 heteroatoms. The lowest BCUT2D eigenvalue weighted by atomic mass is 9.79. The highest BCUT2D eigenvalue weighted by Gasteiger charge is 2.31. The van der Waals surface area contributed by atoms with Crippen molar-refractivity contribution in [2.24, 2.45) is 11.8 Å². The quantitative estimate of drug-likeness (QED) is 0.682. The van der Waals surface area contributed by atoms with Crippen LogP contribution in [-0.4, -0.2) is 23.6 Å². The van der Waals surface area contributed by atoms with Crippen molar-refractivity contribution in [3.8, 4) is 0 Å². The highest BCUT2D eigenvalue weighted by Crippen LogP contribution is 2.36. The number of thioether (sulfide) groups is 1. The van der Waals surface area contributed by atoms with Gasteiger partial charge in [0.1, 0.15) is 0 Å². The van der Waals surface area contributed by atoms with Crippen LogP contribution in [0, 0.1) is 11.8 Å². The third-order valence-electron chi connectivity index (χ3n) is 4.07. The monoisotopic (exact) mass is 257 g/mol. The first-order valence-corrected chi connectivity index (χ1v) is 8.58. The lowest BCUT2D eigenvalue weighted by molar-refractivity contribution is 0.247. The normalized spacial score (nSPS) is 29.8. The number of hydrogen-bond donors (Lipinski definition) is 1. The molecular weight excluding hydrogens is 226 g/mol. The fraction of sp³-hybridized carbons (Fsp3) is 1.00. The van der Waals surface area contributed by atoms with E-state index in [4.69, 9.17) is 0 Å². The van der Waals surface area contributed by atoms with Crippen molar-refractivity contribution in [1.29, 1.82) is 0 Å². The van der Waals surface area contributed by atoms with E-state index in [-0.39, 0.29) is 0 Å². The predicted octanol–water partition coefficient (Wildman–Crippen LogP) is 4.32. The van der Waals surface area contributed by atoms with Crippen molar-refractivity contribution in [3.05, 3.63) is 0 Å². The van der Waals surface area contributed by atoms with Crippen LogP contribution in [0.1, 0.15) is 59.8 Å². The van der Waals surface area contributed by atoms with Crippen LogP contribution in [0.3, 0.4) is 0 Å². The van der Waals surface area contributed by atoms with Crippen LogP contribution >= 0.6 is 11.8 Å². The second kappa shape index (κ2) is 8.42. The number of hydrogen-bond acceptors (Lipinski definition) is 2. The summed E-state index contributed by atoms with van der Waals surface area (Å²) in [6.45, 7) is 10.4. The van der Waals surface area contributed by atoms with Gasteiger partial charge in [-0.1, -0.05) is 34.1 Å². The molecule has 1 aliphatic carbocycles. The average Bonchev–Trinajstić information content (AvgIpc) is 2.31. The molecular formula is C15H31NS. The highest BCUT2D eigenvalue weighted by molar-refractivity contribution is 7.99. The summed E-state index contributed by atoms with van der Waals surface area (Å²) in [6, 6.07) is 0.775. The minimum Gasteiger partial charge on any atom is -0.313 e. The van der Waals surface area contributed by atoms with Gasteiger partial charge in [-0.2, -0.15) is 11.8 Å². The van der Waals surface area contributed by atoms with Gasteiger partial charge in [-0.15, -0.1) is 0 Å². The van der Waals surface area contributed by atoms with Crippen LogP contribution in [0.2, 0.25) is 0 Å². The van der Waals surface area contributed by atoms with Crippen molar-refractivity contribution < 1.29 is 0 Å². The Balaban J connectivity index is 2.43. The summed E-state index contributed by atoms with van der Waals surface area (Å²) in [5.74, 6) is 3.18. The van der Waals surface area contributed by atoms with Gasteiger partial charge in [0.25, 0.3) is 0 Å². The van der Waals surface area contributed by atoms with Gasteiger partial charge in [-0.3, -0.25) is 0 Å². The Bertz CT molecular complexity index is 193. The molecule has 1 nitrogen and oxygen atoms in total. The number of nitrogens with one attached hydrogen (secondary N) is 1. The van der Waals surface area contributed by atoms with Gasteiger partial charge in [-0.25, -0.2) is 0 Å². The number of rotatable bonds is 7. The molecule has 102 valence electrons. The summed E-state index contributed by atoms with van der Waals surface area (Å²) < 4.78 is 0. The zero-order chi connectivity index (χ0) is 12.7. The second-order valence-electron chi connectivity index (χ2n) is 5.74. The summed E-state index contributed by atoms with van der Waals surface area (Å²) in [4.78, 5) is 0. The molecule has 17 heavy (non-hydrogen) atoms. The second-order valence-corrected chi connectivity index (χ2v) is 7.09. The van der Waals surface area contributed by atoms with Gasteiger partial charge in [-0.05, 0) is 49.8 Å². The van der Waals surface area contributed by atoms with Crippen LogP contribution in [0.25, 0.3) is 0 Å². The fourth-order valence-electron chi connectivity index (χ4n) is 2.82. The van der Waals surface area contributed by atoms with Gasteiger partial charge in [0.15, 0.2) is 0 Å². The molecule has 0 bridgehead atoms. The molecule has 3 atom stereocenters. The molecule has 0 aliphatic heterocycles. The fourth-order valence-corrected chi connectivity index (χ4v) is 4.43. The van der Waals surface area contributed by atoms with Crippen LogP contribution in [0.4, 0.5) is 0 Å². The Hall–Kier alpha value is 0.310. The first-order chi connectivity index (χ1) is 8.19. The lowest BCUT2D eigenvalue weighted by Gasteiger charge is -2.38. The van der Waals surface area contributed by atoms with Crippen LogP contribution < -0.4 is 5.32 Å². The Kier molecular flexibility index (Phi) is 7.61. The first-order valence-electron chi connectivity index (χ1n) is 7.54. The van der Waals surface area contributed by atoms with E-state index in [1.54, 1.807) is 0 Å². The topological polar surface area (TPSA) is 12.0 Å². The summed E-state index contributed by atoms with van der Waals surface area (Å²) >= 11 is 2.23. The summed E-state index contributed by atoms with van der Waals surface area (Å²) in [7, 11) is 0. The highest BCUT2D eigenvalue weighted by atomic mass is 32.2. The van der Waals surface area contributed by atoms with Crippen molar-refractivity contribution in [1.82, 2.24) is 5.32 Å². The van der Waals surface area contributed by atoms with Crippen molar-refractivity contribution >= 4 is 11.8 Å². The van der Waals surface area contributed by atoms with E-state index in [1.165, 1.54) is 37.9 Å². The molecule has 0 radical (unpaired) electrons. The molecule has 0 aromatic rings. The Morgan fingerprint density at radius 1 is 1.24 bits per heavy atom. The Morgan fingerprint density at radius 3 is 2.59 bits per heavy atom. The van der Waals surface area contributed by atoms with E-state index in [1.807, 2.05) is 0 Å². The SMILES string of the molecule is CCCCSC1CC(C(C)C)CCC1NCC. The van der Waals surface area contributed by atoms with Gasteiger partial charge < -0.3 is 5.32 Å². The predicted molar refractivity (Wildman–Crippen MR) is 80.8 cm³/mol. The smallest absolute Gasteiger partial charge is 0.0203 e. The molecule has 3 unspecified atom stereocenters. The maximum atomic E-state index is 3.70. The molecule has 0 spiro atoms. The maximum absolute atomic E-state index is 3.70. The van der Waals surface area contributed by atoms with Crippen LogP contribution in [-0.2, 0) is 0 Å².